The Balaban J connectivity index is 1.91. The Bertz CT molecular complexity index is 400. The lowest BCUT2D eigenvalue weighted by molar-refractivity contribution is 0.225. The van der Waals surface area contributed by atoms with Crippen LogP contribution in [0.5, 0.6) is 0 Å². The number of nitrogens with one attached hydrogen (secondary N) is 1. The Morgan fingerprint density at radius 1 is 1.37 bits per heavy atom. The summed E-state index contributed by atoms with van der Waals surface area (Å²) in [5.41, 5.74) is 1.41. The highest BCUT2D eigenvalue weighted by molar-refractivity contribution is 7.11. The fraction of sp³-hybridized carbons (Fsp3) is 0.800. The molecule has 1 N–H and O–H groups in total. The van der Waals surface area contributed by atoms with Crippen molar-refractivity contribution < 1.29 is 0 Å². The number of likely N-dealkylation sites (tertiary alicyclic amines) is 1. The van der Waals surface area contributed by atoms with Gasteiger partial charge in [0, 0.05) is 23.0 Å². The zero-order valence-corrected chi connectivity index (χ0v) is 13.7. The van der Waals surface area contributed by atoms with Gasteiger partial charge in [-0.05, 0) is 54.0 Å². The molecule has 3 nitrogen and oxygen atoms in total. The lowest BCUT2D eigenvalue weighted by atomic mass is 10.1. The van der Waals surface area contributed by atoms with E-state index in [0.29, 0.717) is 6.04 Å². The Hall–Kier alpha value is -0.450. The molecule has 0 spiro atoms. The first-order valence-electron chi connectivity index (χ1n) is 7.27. The average molecular weight is 281 g/mol. The first-order chi connectivity index (χ1) is 8.85. The molecule has 1 aliphatic heterocycles. The van der Waals surface area contributed by atoms with Gasteiger partial charge in [-0.25, -0.2) is 4.98 Å². The van der Waals surface area contributed by atoms with Crippen LogP contribution in [0.3, 0.4) is 0 Å². The lowest BCUT2D eigenvalue weighted by Crippen LogP contribution is -2.44. The van der Waals surface area contributed by atoms with Gasteiger partial charge in [0.05, 0.1) is 12.2 Å². The molecule has 1 unspecified atom stereocenters. The van der Waals surface area contributed by atoms with Crippen LogP contribution in [-0.2, 0) is 6.54 Å². The van der Waals surface area contributed by atoms with E-state index in [9.17, 15) is 0 Å². The molecule has 2 rings (SSSR count). The van der Waals surface area contributed by atoms with Crippen molar-refractivity contribution in [2.75, 3.05) is 13.1 Å². The van der Waals surface area contributed by atoms with Crippen LogP contribution in [0.1, 0.15) is 49.2 Å². The first kappa shape index (κ1) is 14.9. The minimum atomic E-state index is 0.211. The quantitative estimate of drug-likeness (QED) is 0.919. The maximum Gasteiger partial charge on any atom is 0.107 e. The molecule has 0 saturated carbocycles. The fourth-order valence-corrected chi connectivity index (χ4v) is 3.50. The molecule has 4 heteroatoms. The Kier molecular flexibility index (Phi) is 4.64. The zero-order valence-electron chi connectivity index (χ0n) is 12.9. The van der Waals surface area contributed by atoms with Crippen molar-refractivity contribution in [1.82, 2.24) is 15.2 Å². The van der Waals surface area contributed by atoms with Crippen LogP contribution in [0.4, 0.5) is 0 Å². The third kappa shape index (κ3) is 4.26. The van der Waals surface area contributed by atoms with E-state index < -0.39 is 0 Å². The van der Waals surface area contributed by atoms with E-state index in [4.69, 9.17) is 0 Å². The van der Waals surface area contributed by atoms with E-state index in [1.165, 1.54) is 35.0 Å². The molecule has 2 heterocycles. The average Bonchev–Trinajstić information content (AvgIpc) is 2.84. The van der Waals surface area contributed by atoms with Crippen LogP contribution < -0.4 is 5.32 Å². The molecule has 1 aromatic rings. The highest BCUT2D eigenvalue weighted by Crippen LogP contribution is 2.23. The molecule has 0 amide bonds. The van der Waals surface area contributed by atoms with Gasteiger partial charge in [-0.15, -0.1) is 11.3 Å². The van der Waals surface area contributed by atoms with Crippen molar-refractivity contribution >= 4 is 11.3 Å². The summed E-state index contributed by atoms with van der Waals surface area (Å²) in [6.07, 6.45) is 2.63. The maximum atomic E-state index is 4.67. The third-order valence-electron chi connectivity index (χ3n) is 3.78. The van der Waals surface area contributed by atoms with Crippen molar-refractivity contribution in [3.05, 3.63) is 15.6 Å². The van der Waals surface area contributed by atoms with Crippen molar-refractivity contribution in [2.24, 2.45) is 0 Å². The smallest absolute Gasteiger partial charge is 0.107 e. The van der Waals surface area contributed by atoms with Crippen LogP contribution >= 0.6 is 11.3 Å². The number of hydrogen-bond donors (Lipinski definition) is 1. The molecule has 1 aromatic heterocycles. The summed E-state index contributed by atoms with van der Waals surface area (Å²) >= 11 is 1.85. The molecule has 1 atom stereocenters. The second-order valence-corrected chi connectivity index (χ2v) is 7.93. The van der Waals surface area contributed by atoms with E-state index >= 15 is 0 Å². The van der Waals surface area contributed by atoms with Gasteiger partial charge in [0.2, 0.25) is 0 Å². The van der Waals surface area contributed by atoms with E-state index in [2.05, 4.69) is 49.8 Å². The minimum absolute atomic E-state index is 0.211. The second-order valence-electron chi connectivity index (χ2n) is 6.65. The van der Waals surface area contributed by atoms with E-state index in [1.54, 1.807) is 0 Å². The van der Waals surface area contributed by atoms with Crippen LogP contribution in [0.25, 0.3) is 0 Å². The maximum absolute atomic E-state index is 4.67. The number of aromatic nitrogens is 1. The zero-order chi connectivity index (χ0) is 14.0. The van der Waals surface area contributed by atoms with Crippen LogP contribution in [0, 0.1) is 13.8 Å². The molecule has 1 fully saturated rings. The van der Waals surface area contributed by atoms with E-state index in [-0.39, 0.29) is 5.54 Å². The Labute approximate surface area is 121 Å². The van der Waals surface area contributed by atoms with Crippen LogP contribution in [-0.4, -0.2) is 34.6 Å². The predicted molar refractivity (Wildman–Crippen MR) is 82.8 cm³/mol. The standard InChI is InChI=1S/C15H27N3S/c1-11-12(2)19-14(17-11)10-18-8-6-7-13(18)9-16-15(3,4)5/h13,16H,6-10H2,1-5H3. The fourth-order valence-electron chi connectivity index (χ4n) is 2.54. The van der Waals surface area contributed by atoms with Crippen LogP contribution in [0.15, 0.2) is 0 Å². The lowest BCUT2D eigenvalue weighted by Gasteiger charge is -2.28. The van der Waals surface area contributed by atoms with Gasteiger partial charge < -0.3 is 5.32 Å². The topological polar surface area (TPSA) is 28.2 Å². The highest BCUT2D eigenvalue weighted by Gasteiger charge is 2.26. The number of rotatable bonds is 4. The minimum Gasteiger partial charge on any atom is -0.311 e. The normalized spacial score (nSPS) is 21.2. The molecule has 1 saturated heterocycles. The first-order valence-corrected chi connectivity index (χ1v) is 8.09. The monoisotopic (exact) mass is 281 g/mol. The van der Waals surface area contributed by atoms with E-state index in [0.717, 1.165) is 13.1 Å². The Morgan fingerprint density at radius 3 is 2.68 bits per heavy atom. The molecule has 0 bridgehead atoms. The number of hydrogen-bond acceptors (Lipinski definition) is 4. The molecule has 0 aliphatic carbocycles. The summed E-state index contributed by atoms with van der Waals surface area (Å²) in [7, 11) is 0. The van der Waals surface area contributed by atoms with Crippen molar-refractivity contribution in [3.8, 4) is 0 Å². The third-order valence-corrected chi connectivity index (χ3v) is 4.84. The highest BCUT2D eigenvalue weighted by atomic mass is 32.1. The van der Waals surface area contributed by atoms with Gasteiger partial charge in [-0.3, -0.25) is 4.90 Å². The van der Waals surface area contributed by atoms with Gasteiger partial charge in [0.1, 0.15) is 5.01 Å². The molecule has 1 aliphatic rings. The van der Waals surface area contributed by atoms with Gasteiger partial charge >= 0.3 is 0 Å². The summed E-state index contributed by atoms with van der Waals surface area (Å²) in [4.78, 5) is 8.63. The molecule has 19 heavy (non-hydrogen) atoms. The second kappa shape index (κ2) is 5.90. The number of nitrogens with zero attached hydrogens (tertiary/aromatic N) is 2. The summed E-state index contributed by atoms with van der Waals surface area (Å²) in [5.74, 6) is 0. The summed E-state index contributed by atoms with van der Waals surface area (Å²) < 4.78 is 0. The largest absolute Gasteiger partial charge is 0.311 e. The van der Waals surface area contributed by atoms with Gasteiger partial charge in [0.15, 0.2) is 0 Å². The molecule has 0 radical (unpaired) electrons. The Morgan fingerprint density at radius 2 is 2.11 bits per heavy atom. The predicted octanol–water partition coefficient (Wildman–Crippen LogP) is 3.11. The molecule has 0 aromatic carbocycles. The van der Waals surface area contributed by atoms with Gasteiger partial charge in [-0.1, -0.05) is 0 Å². The van der Waals surface area contributed by atoms with Crippen molar-refractivity contribution in [2.45, 2.75) is 65.6 Å². The van der Waals surface area contributed by atoms with Gasteiger partial charge in [0.25, 0.3) is 0 Å². The molecular weight excluding hydrogens is 254 g/mol. The summed E-state index contributed by atoms with van der Waals surface area (Å²) in [5, 5.41) is 4.91. The van der Waals surface area contributed by atoms with Gasteiger partial charge in [-0.2, -0.15) is 0 Å². The summed E-state index contributed by atoms with van der Waals surface area (Å²) in [6, 6.07) is 0.670. The SMILES string of the molecule is Cc1nc(CN2CCCC2CNC(C)(C)C)sc1C. The summed E-state index contributed by atoms with van der Waals surface area (Å²) in [6.45, 7) is 14.3. The number of aryl methyl sites for hydroxylation is 2. The van der Waals surface area contributed by atoms with Crippen LogP contribution in [0.2, 0.25) is 0 Å². The molecular formula is C15H27N3S. The van der Waals surface area contributed by atoms with Crippen molar-refractivity contribution in [1.29, 1.82) is 0 Å². The van der Waals surface area contributed by atoms with E-state index in [1.807, 2.05) is 11.3 Å². The number of thiazole rings is 1. The van der Waals surface area contributed by atoms with Crippen molar-refractivity contribution in [3.63, 3.8) is 0 Å². The molecule has 108 valence electrons.